The molecule has 0 radical (unpaired) electrons. The maximum atomic E-state index is 13.9. The molecule has 1 aromatic heterocycles. The number of hydrogen-bond donors (Lipinski definition) is 0. The molecule has 1 heterocycles. The van der Waals surface area contributed by atoms with Crippen molar-refractivity contribution in [1.82, 2.24) is 9.29 Å². The van der Waals surface area contributed by atoms with Gasteiger partial charge in [0.15, 0.2) is 0 Å². The smallest absolute Gasteiger partial charge is 0.302 e. The molecule has 1 atom stereocenters. The zero-order chi connectivity index (χ0) is 26.0. The molecule has 0 spiro atoms. The summed E-state index contributed by atoms with van der Waals surface area (Å²) in [5.41, 5.74) is 4.32. The van der Waals surface area contributed by atoms with Gasteiger partial charge in [-0.2, -0.15) is 4.31 Å². The second kappa shape index (κ2) is 13.1. The molecule has 190 valence electrons. The summed E-state index contributed by atoms with van der Waals surface area (Å²) < 4.78 is 34.5. The molecule has 0 saturated heterocycles. The molecular weight excluding hydrogens is 472 g/mol. The summed E-state index contributed by atoms with van der Waals surface area (Å²) in [4.78, 5) is 15.3. The van der Waals surface area contributed by atoms with Crippen molar-refractivity contribution in [3.8, 4) is 0 Å². The summed E-state index contributed by atoms with van der Waals surface area (Å²) in [7, 11) is -3.84. The van der Waals surface area contributed by atoms with E-state index in [-0.39, 0.29) is 25.7 Å². The standard InChI is InChI=1S/C29H34N2O4S/c1-4-6-9-24-13-15-25(16-14-24)20-31(21-26-10-7-11-27(18-26)22-35-23(3)32)36(33,34)29(5-2)28-12-8-17-30-19-28/h5,7-8,10-19,29H,2,4,6,9,20-22H2,1,3H3. The largest absolute Gasteiger partial charge is 0.461 e. The Morgan fingerprint density at radius 2 is 1.72 bits per heavy atom. The number of carbonyl (C=O) groups is 1. The van der Waals surface area contributed by atoms with Crippen molar-refractivity contribution in [1.29, 1.82) is 0 Å². The van der Waals surface area contributed by atoms with E-state index in [1.54, 1.807) is 24.5 Å². The maximum absolute atomic E-state index is 13.9. The van der Waals surface area contributed by atoms with Gasteiger partial charge < -0.3 is 4.74 Å². The predicted octanol–water partition coefficient (Wildman–Crippen LogP) is 5.75. The van der Waals surface area contributed by atoms with E-state index in [0.717, 1.165) is 36.0 Å². The van der Waals surface area contributed by atoms with Crippen LogP contribution in [0.3, 0.4) is 0 Å². The third kappa shape index (κ3) is 7.60. The average molecular weight is 507 g/mol. The van der Waals surface area contributed by atoms with Gasteiger partial charge in [-0.05, 0) is 46.7 Å². The topological polar surface area (TPSA) is 76.6 Å². The Morgan fingerprint density at radius 1 is 1.03 bits per heavy atom. The van der Waals surface area contributed by atoms with Gasteiger partial charge in [0.05, 0.1) is 0 Å². The minimum absolute atomic E-state index is 0.139. The molecule has 0 amide bonds. The number of aromatic nitrogens is 1. The lowest BCUT2D eigenvalue weighted by Crippen LogP contribution is -2.33. The van der Waals surface area contributed by atoms with Gasteiger partial charge in [-0.15, -0.1) is 6.58 Å². The van der Waals surface area contributed by atoms with E-state index in [2.05, 4.69) is 30.6 Å². The van der Waals surface area contributed by atoms with Gasteiger partial charge in [-0.25, -0.2) is 8.42 Å². The fourth-order valence-electron chi connectivity index (χ4n) is 3.97. The van der Waals surface area contributed by atoms with Gasteiger partial charge in [0.1, 0.15) is 11.9 Å². The normalized spacial score (nSPS) is 12.3. The summed E-state index contributed by atoms with van der Waals surface area (Å²) in [6.07, 6.45) is 7.88. The van der Waals surface area contributed by atoms with Gasteiger partial charge >= 0.3 is 5.97 Å². The molecule has 0 aliphatic carbocycles. The van der Waals surface area contributed by atoms with E-state index in [0.29, 0.717) is 5.56 Å². The van der Waals surface area contributed by atoms with E-state index in [9.17, 15) is 13.2 Å². The third-order valence-electron chi connectivity index (χ3n) is 5.90. The van der Waals surface area contributed by atoms with E-state index in [4.69, 9.17) is 4.74 Å². The van der Waals surface area contributed by atoms with Gasteiger partial charge in [0.25, 0.3) is 0 Å². The zero-order valence-corrected chi connectivity index (χ0v) is 21.8. The number of nitrogens with zero attached hydrogens (tertiary/aromatic N) is 2. The number of sulfonamides is 1. The van der Waals surface area contributed by atoms with E-state index < -0.39 is 15.3 Å². The fourth-order valence-corrected chi connectivity index (χ4v) is 5.68. The highest BCUT2D eigenvalue weighted by molar-refractivity contribution is 7.89. The van der Waals surface area contributed by atoms with Crippen LogP contribution in [-0.4, -0.2) is 23.7 Å². The first-order valence-corrected chi connectivity index (χ1v) is 13.6. The Hall–Kier alpha value is -3.29. The molecule has 0 bridgehead atoms. The minimum Gasteiger partial charge on any atom is -0.461 e. The van der Waals surface area contributed by atoms with Crippen LogP contribution >= 0.6 is 0 Å². The van der Waals surface area contributed by atoms with Crippen molar-refractivity contribution in [2.45, 2.75) is 58.1 Å². The lowest BCUT2D eigenvalue weighted by atomic mass is 10.1. The second-order valence-electron chi connectivity index (χ2n) is 8.78. The van der Waals surface area contributed by atoms with Crippen LogP contribution in [-0.2, 0) is 45.7 Å². The lowest BCUT2D eigenvalue weighted by molar-refractivity contribution is -0.142. The summed E-state index contributed by atoms with van der Waals surface area (Å²) >= 11 is 0. The van der Waals surface area contributed by atoms with Crippen LogP contribution in [0.25, 0.3) is 0 Å². The SMILES string of the molecule is C=CC(c1cccnc1)S(=O)(=O)N(Cc1ccc(CCCC)cc1)Cc1cccc(COC(C)=O)c1. The molecule has 3 rings (SSSR count). The Bertz CT molecular complexity index is 1240. The molecule has 0 saturated carbocycles. The molecule has 1 unspecified atom stereocenters. The van der Waals surface area contributed by atoms with E-state index in [1.807, 2.05) is 36.4 Å². The molecule has 36 heavy (non-hydrogen) atoms. The second-order valence-corrected chi connectivity index (χ2v) is 10.8. The van der Waals surface area contributed by atoms with Crippen LogP contribution in [0.1, 0.15) is 59.8 Å². The number of carbonyl (C=O) groups excluding carboxylic acids is 1. The summed E-state index contributed by atoms with van der Waals surface area (Å²) in [6, 6.07) is 19.0. The zero-order valence-electron chi connectivity index (χ0n) is 21.0. The monoisotopic (exact) mass is 506 g/mol. The maximum Gasteiger partial charge on any atom is 0.302 e. The van der Waals surface area contributed by atoms with Crippen LogP contribution in [0.5, 0.6) is 0 Å². The van der Waals surface area contributed by atoms with Crippen molar-refractivity contribution < 1.29 is 17.9 Å². The molecular formula is C29H34N2O4S. The molecule has 0 fully saturated rings. The molecule has 6 nitrogen and oxygen atoms in total. The summed E-state index contributed by atoms with van der Waals surface area (Å²) in [6.45, 7) is 7.86. The van der Waals surface area contributed by atoms with Gasteiger partial charge in [0.2, 0.25) is 10.0 Å². The molecule has 7 heteroatoms. The number of unbranched alkanes of at least 4 members (excludes halogenated alkanes) is 1. The van der Waals surface area contributed by atoms with Crippen molar-refractivity contribution in [2.24, 2.45) is 0 Å². The molecule has 0 aliphatic rings. The number of ether oxygens (including phenoxy) is 1. The number of pyridine rings is 1. The fraction of sp³-hybridized carbons (Fsp3) is 0.310. The number of hydrogen-bond acceptors (Lipinski definition) is 5. The highest BCUT2D eigenvalue weighted by atomic mass is 32.2. The van der Waals surface area contributed by atoms with Crippen LogP contribution in [0.2, 0.25) is 0 Å². The van der Waals surface area contributed by atoms with E-state index >= 15 is 0 Å². The Labute approximate surface area is 214 Å². The third-order valence-corrected chi connectivity index (χ3v) is 7.99. The van der Waals surface area contributed by atoms with Gasteiger partial charge in [-0.1, -0.05) is 74.0 Å². The summed E-state index contributed by atoms with van der Waals surface area (Å²) in [5.74, 6) is -0.364. The van der Waals surface area contributed by atoms with Crippen molar-refractivity contribution in [2.75, 3.05) is 0 Å². The first kappa shape index (κ1) is 27.3. The van der Waals surface area contributed by atoms with Crippen LogP contribution in [0.15, 0.2) is 85.7 Å². The average Bonchev–Trinajstić information content (AvgIpc) is 2.88. The molecule has 0 N–H and O–H groups in total. The van der Waals surface area contributed by atoms with Crippen LogP contribution in [0.4, 0.5) is 0 Å². The van der Waals surface area contributed by atoms with Crippen molar-refractivity contribution in [3.63, 3.8) is 0 Å². The number of aryl methyl sites for hydroxylation is 1. The lowest BCUT2D eigenvalue weighted by Gasteiger charge is -2.27. The van der Waals surface area contributed by atoms with Gasteiger partial charge in [0, 0.05) is 32.4 Å². The number of rotatable bonds is 13. The Morgan fingerprint density at radius 3 is 2.36 bits per heavy atom. The predicted molar refractivity (Wildman–Crippen MR) is 142 cm³/mol. The van der Waals surface area contributed by atoms with Gasteiger partial charge in [-0.3, -0.25) is 9.78 Å². The Kier molecular flexibility index (Phi) is 9.96. The molecule has 2 aromatic carbocycles. The minimum atomic E-state index is -3.84. The first-order chi connectivity index (χ1) is 17.3. The van der Waals surface area contributed by atoms with E-state index in [1.165, 1.54) is 22.9 Å². The first-order valence-electron chi connectivity index (χ1n) is 12.1. The number of benzene rings is 2. The highest BCUT2D eigenvalue weighted by Gasteiger charge is 2.32. The quantitative estimate of drug-likeness (QED) is 0.218. The molecule has 3 aromatic rings. The number of esters is 1. The van der Waals surface area contributed by atoms with Crippen molar-refractivity contribution >= 4 is 16.0 Å². The Balaban J connectivity index is 1.92. The van der Waals surface area contributed by atoms with Crippen LogP contribution < -0.4 is 0 Å². The summed E-state index contributed by atoms with van der Waals surface area (Å²) in [5, 5.41) is -0.931. The van der Waals surface area contributed by atoms with Crippen LogP contribution in [0, 0.1) is 0 Å². The highest BCUT2D eigenvalue weighted by Crippen LogP contribution is 2.29. The molecule has 0 aliphatic heterocycles. The van der Waals surface area contributed by atoms with Crippen molar-refractivity contribution in [3.05, 3.63) is 114 Å².